The van der Waals surface area contributed by atoms with Gasteiger partial charge in [-0.1, -0.05) is 11.6 Å². The maximum absolute atomic E-state index is 13.2. The maximum Gasteiger partial charge on any atom is 0.318 e. The monoisotopic (exact) mass is 476 g/mol. The molecule has 3 N–H and O–H groups in total. The predicted octanol–water partition coefficient (Wildman–Crippen LogP) is 3.44. The van der Waals surface area contributed by atoms with Crippen LogP contribution in [0.1, 0.15) is 43.5 Å². The lowest BCUT2D eigenvalue weighted by atomic mass is 9.82. The average molecular weight is 477 g/mol. The molecule has 34 heavy (non-hydrogen) atoms. The van der Waals surface area contributed by atoms with Crippen molar-refractivity contribution in [2.45, 2.75) is 44.2 Å². The second-order valence-electron chi connectivity index (χ2n) is 9.52. The minimum atomic E-state index is -0.641. The molecule has 1 spiro atoms. The number of nitrogens with two attached hydrogens (primary N) is 1. The molecule has 0 radical (unpaired) electrons. The summed E-state index contributed by atoms with van der Waals surface area (Å²) in [5.41, 5.74) is 8.77. The molecule has 0 aromatic carbocycles. The number of fused-ring (bicyclic) bond motifs is 2. The second kappa shape index (κ2) is 7.99. The van der Waals surface area contributed by atoms with Crippen molar-refractivity contribution in [1.82, 2.24) is 30.0 Å². The molecular weight excluding hydrogens is 452 g/mol. The first-order chi connectivity index (χ1) is 16.2. The van der Waals surface area contributed by atoms with Gasteiger partial charge in [-0.05, 0) is 50.5 Å². The molecule has 1 fully saturated rings. The number of hydrogen-bond donors (Lipinski definition) is 2. The molecule has 174 valence electrons. The second-order valence-corrected chi connectivity index (χ2v) is 9.93. The average Bonchev–Trinajstić information content (AvgIpc) is 3.51. The number of nitrogens with zero attached hydrogens (tertiary/aromatic N) is 6. The maximum atomic E-state index is 13.2. The third kappa shape index (κ3) is 3.64. The summed E-state index contributed by atoms with van der Waals surface area (Å²) in [7, 11) is 0. The number of aromatic nitrogens is 4. The molecule has 2 aliphatic heterocycles. The van der Waals surface area contributed by atoms with Gasteiger partial charge in [-0.25, -0.2) is 9.78 Å². The Balaban J connectivity index is 1.35. The highest BCUT2D eigenvalue weighted by molar-refractivity contribution is 6.31. The molecule has 5 rings (SSSR count). The van der Waals surface area contributed by atoms with Gasteiger partial charge in [0, 0.05) is 54.9 Å². The van der Waals surface area contributed by atoms with Gasteiger partial charge < -0.3 is 16.0 Å². The van der Waals surface area contributed by atoms with E-state index < -0.39 is 5.54 Å². The number of carbonyl (C=O) groups excluding carboxylic acids is 1. The Morgan fingerprint density at radius 1 is 1.29 bits per heavy atom. The Bertz CT molecular complexity index is 1330. The third-order valence-electron chi connectivity index (χ3n) is 6.97. The summed E-state index contributed by atoms with van der Waals surface area (Å²) in [5, 5.41) is 17.7. The van der Waals surface area contributed by atoms with Gasteiger partial charge in [0.05, 0.1) is 21.8 Å². The number of hydrogen-bond acceptors (Lipinski definition) is 6. The first kappa shape index (κ1) is 22.2. The lowest BCUT2D eigenvalue weighted by Gasteiger charge is -2.31. The summed E-state index contributed by atoms with van der Waals surface area (Å²) in [6.45, 7) is 5.94. The number of halogens is 1. The quantitative estimate of drug-likeness (QED) is 0.596. The van der Waals surface area contributed by atoms with E-state index in [1.54, 1.807) is 24.7 Å². The molecule has 5 heterocycles. The Morgan fingerprint density at radius 3 is 2.85 bits per heavy atom. The number of nitriles is 1. The Labute approximate surface area is 202 Å². The van der Waals surface area contributed by atoms with Crippen LogP contribution in [-0.2, 0) is 17.5 Å². The molecule has 10 heteroatoms. The van der Waals surface area contributed by atoms with Crippen LogP contribution in [0.3, 0.4) is 0 Å². The fourth-order valence-corrected chi connectivity index (χ4v) is 5.42. The van der Waals surface area contributed by atoms with Crippen molar-refractivity contribution in [2.75, 3.05) is 18.8 Å². The summed E-state index contributed by atoms with van der Waals surface area (Å²) in [5.74, 6) is 0.211. The van der Waals surface area contributed by atoms with Crippen molar-refractivity contribution in [3.8, 4) is 17.3 Å². The molecular formula is C24H25ClN8O. The van der Waals surface area contributed by atoms with Gasteiger partial charge in [0.2, 0.25) is 0 Å². The molecule has 3 aromatic rings. The molecule has 0 saturated carbocycles. The van der Waals surface area contributed by atoms with Crippen LogP contribution in [0.2, 0.25) is 5.02 Å². The van der Waals surface area contributed by atoms with Crippen molar-refractivity contribution < 1.29 is 4.79 Å². The number of nitrogen functional groups attached to an aromatic ring is 1. The summed E-state index contributed by atoms with van der Waals surface area (Å²) >= 11 is 6.32. The van der Waals surface area contributed by atoms with Crippen LogP contribution < -0.4 is 11.1 Å². The van der Waals surface area contributed by atoms with Gasteiger partial charge >= 0.3 is 6.03 Å². The fraction of sp³-hybridized carbons (Fsp3) is 0.375. The van der Waals surface area contributed by atoms with Crippen molar-refractivity contribution in [3.63, 3.8) is 0 Å². The number of likely N-dealkylation sites (tertiary alicyclic amines) is 1. The first-order valence-corrected chi connectivity index (χ1v) is 11.5. The molecule has 2 aliphatic rings. The molecule has 1 unspecified atom stereocenters. The van der Waals surface area contributed by atoms with Crippen LogP contribution in [0.25, 0.3) is 11.3 Å². The molecule has 1 saturated heterocycles. The molecule has 1 atom stereocenters. The fourth-order valence-electron chi connectivity index (χ4n) is 5.06. The number of pyridine rings is 2. The molecule has 3 aromatic heterocycles. The van der Waals surface area contributed by atoms with E-state index in [2.05, 4.69) is 27.4 Å². The van der Waals surface area contributed by atoms with Crippen LogP contribution in [-0.4, -0.2) is 43.8 Å². The van der Waals surface area contributed by atoms with Crippen LogP contribution >= 0.6 is 11.6 Å². The number of nitrogens with one attached hydrogen (secondary N) is 1. The Kier molecular flexibility index (Phi) is 5.21. The Hall–Kier alpha value is -3.64. The number of carbonyl (C=O) groups is 1. The zero-order valence-corrected chi connectivity index (χ0v) is 19.8. The van der Waals surface area contributed by atoms with E-state index in [0.717, 1.165) is 41.9 Å². The van der Waals surface area contributed by atoms with Gasteiger partial charge in [-0.15, -0.1) is 0 Å². The lowest BCUT2D eigenvalue weighted by Crippen LogP contribution is -2.48. The smallest absolute Gasteiger partial charge is 0.318 e. The summed E-state index contributed by atoms with van der Waals surface area (Å²) in [6.07, 6.45) is 6.70. The minimum Gasteiger partial charge on any atom is -0.383 e. The van der Waals surface area contributed by atoms with Crippen LogP contribution in [0.15, 0.2) is 36.8 Å². The topological polar surface area (TPSA) is 126 Å². The van der Waals surface area contributed by atoms with Crippen LogP contribution in [0.4, 0.5) is 10.6 Å². The summed E-state index contributed by atoms with van der Waals surface area (Å²) < 4.78 is 2.01. The van der Waals surface area contributed by atoms with Crippen molar-refractivity contribution in [3.05, 3.63) is 58.6 Å². The minimum absolute atomic E-state index is 0.116. The molecule has 0 bridgehead atoms. The zero-order chi connectivity index (χ0) is 24.1. The molecule has 0 aliphatic carbocycles. The number of urea groups is 1. The predicted molar refractivity (Wildman–Crippen MR) is 128 cm³/mol. The highest BCUT2D eigenvalue weighted by Gasteiger charge is 2.47. The lowest BCUT2D eigenvalue weighted by molar-refractivity contribution is 0.194. The third-order valence-corrected chi connectivity index (χ3v) is 7.27. The SMILES string of the molecule is CC(C)(NC(=O)N1CCC2(CCn3nc(-c4cnc(N)c(C#N)c4)cc32)C1)c1ccncc1Cl. The van der Waals surface area contributed by atoms with E-state index in [0.29, 0.717) is 23.7 Å². The van der Waals surface area contributed by atoms with Crippen molar-refractivity contribution >= 4 is 23.4 Å². The number of amides is 2. The van der Waals surface area contributed by atoms with E-state index >= 15 is 0 Å². The highest BCUT2D eigenvalue weighted by Crippen LogP contribution is 2.44. The zero-order valence-electron chi connectivity index (χ0n) is 19.0. The van der Waals surface area contributed by atoms with Crippen LogP contribution in [0.5, 0.6) is 0 Å². The first-order valence-electron chi connectivity index (χ1n) is 11.1. The van der Waals surface area contributed by atoms with Crippen LogP contribution in [0, 0.1) is 11.3 Å². The summed E-state index contributed by atoms with van der Waals surface area (Å²) in [6, 6.07) is 7.56. The van der Waals surface area contributed by atoms with Crippen molar-refractivity contribution in [2.24, 2.45) is 0 Å². The summed E-state index contributed by atoms with van der Waals surface area (Å²) in [4.78, 5) is 23.2. The normalized spacial score (nSPS) is 19.3. The van der Waals surface area contributed by atoms with Gasteiger partial charge in [-0.3, -0.25) is 9.67 Å². The van der Waals surface area contributed by atoms with E-state index in [-0.39, 0.29) is 17.3 Å². The number of rotatable bonds is 3. The van der Waals surface area contributed by atoms with Gasteiger partial charge in [0.1, 0.15) is 11.9 Å². The largest absolute Gasteiger partial charge is 0.383 e. The van der Waals surface area contributed by atoms with E-state index in [1.807, 2.05) is 29.5 Å². The van der Waals surface area contributed by atoms with E-state index in [1.165, 1.54) is 0 Å². The number of aryl methyl sites for hydroxylation is 1. The molecule has 2 amide bonds. The van der Waals surface area contributed by atoms with E-state index in [9.17, 15) is 10.1 Å². The van der Waals surface area contributed by atoms with Gasteiger partial charge in [-0.2, -0.15) is 10.4 Å². The van der Waals surface area contributed by atoms with Gasteiger partial charge in [0.25, 0.3) is 0 Å². The van der Waals surface area contributed by atoms with E-state index in [4.69, 9.17) is 22.4 Å². The highest BCUT2D eigenvalue weighted by atomic mass is 35.5. The van der Waals surface area contributed by atoms with Crippen molar-refractivity contribution in [1.29, 1.82) is 5.26 Å². The number of anilines is 1. The van der Waals surface area contributed by atoms with Gasteiger partial charge in [0.15, 0.2) is 0 Å². The standard InChI is InChI=1S/C24H25ClN8O/c1-23(2,17-3-6-28-13-18(17)25)30-22(34)32-7-4-24(14-32)5-8-33-20(24)10-19(31-33)16-9-15(11-26)21(27)29-12-16/h3,6,9-10,12-13H,4-5,7-8,14H2,1-2H3,(H2,27,29)(H,30,34). The Morgan fingerprint density at radius 2 is 2.09 bits per heavy atom. The molecule has 9 nitrogen and oxygen atoms in total.